The Hall–Kier alpha value is -1.83. The largest absolute Gasteiger partial charge is 0.466 e. The highest BCUT2D eigenvalue weighted by atomic mass is 32.2. The second-order valence-corrected chi connectivity index (χ2v) is 4.81. The van der Waals surface area contributed by atoms with Crippen molar-refractivity contribution in [3.63, 3.8) is 0 Å². The molecular formula is C11H14N4O3S. The number of fused-ring (bicyclic) bond motifs is 1. The minimum atomic E-state index is -0.240. The zero-order chi connectivity index (χ0) is 13.7. The molecule has 0 unspecified atom stereocenters. The van der Waals surface area contributed by atoms with Crippen molar-refractivity contribution in [2.24, 2.45) is 0 Å². The number of rotatable bonds is 6. The van der Waals surface area contributed by atoms with Gasteiger partial charge in [0.1, 0.15) is 0 Å². The number of hydrogen-bond donors (Lipinski definition) is 2. The molecule has 0 aliphatic heterocycles. The first-order valence-electron chi connectivity index (χ1n) is 5.92. The van der Waals surface area contributed by atoms with E-state index < -0.39 is 0 Å². The van der Waals surface area contributed by atoms with Crippen LogP contribution in [0.5, 0.6) is 0 Å². The molecule has 0 aliphatic rings. The second kappa shape index (κ2) is 6.37. The van der Waals surface area contributed by atoms with Gasteiger partial charge in [0, 0.05) is 12.2 Å². The van der Waals surface area contributed by atoms with Crippen molar-refractivity contribution in [3.05, 3.63) is 16.7 Å². The summed E-state index contributed by atoms with van der Waals surface area (Å²) in [5, 5.41) is 0.508. The molecule has 0 fully saturated rings. The third-order valence-corrected chi connectivity index (χ3v) is 3.30. The number of aromatic amines is 2. The highest BCUT2D eigenvalue weighted by Gasteiger charge is 2.07. The van der Waals surface area contributed by atoms with Gasteiger partial charge in [-0.3, -0.25) is 14.6 Å². The number of H-pyrrole nitrogens is 2. The van der Waals surface area contributed by atoms with Gasteiger partial charge in [-0.15, -0.1) is 0 Å². The lowest BCUT2D eigenvalue weighted by atomic mass is 10.3. The van der Waals surface area contributed by atoms with Gasteiger partial charge in [0.15, 0.2) is 16.3 Å². The Morgan fingerprint density at radius 2 is 2.37 bits per heavy atom. The molecular weight excluding hydrogens is 268 g/mol. The summed E-state index contributed by atoms with van der Waals surface area (Å²) >= 11 is 1.38. The molecule has 0 bridgehead atoms. The molecule has 2 aromatic rings. The van der Waals surface area contributed by atoms with E-state index in [0.29, 0.717) is 41.5 Å². The molecule has 8 heteroatoms. The van der Waals surface area contributed by atoms with E-state index in [-0.39, 0.29) is 11.5 Å². The van der Waals surface area contributed by atoms with E-state index in [0.717, 1.165) is 0 Å². The van der Waals surface area contributed by atoms with Crippen LogP contribution in [0, 0.1) is 0 Å². The van der Waals surface area contributed by atoms with Gasteiger partial charge in [0.05, 0.1) is 12.9 Å². The van der Waals surface area contributed by atoms with Crippen LogP contribution in [0.3, 0.4) is 0 Å². The average molecular weight is 282 g/mol. The number of ether oxygens (including phenoxy) is 1. The van der Waals surface area contributed by atoms with Crippen molar-refractivity contribution in [3.8, 4) is 0 Å². The Kier molecular flexibility index (Phi) is 4.56. The molecule has 0 atom stereocenters. The standard InChI is InChI=1S/C11H14N4O3S/c1-2-18-7(16)4-3-5-19-11-14-9-8(10(17)15-11)12-6-13-9/h6H,2-5H2,1H3,(H2,12,13,14,15,17). The number of nitrogens with zero attached hydrogens (tertiary/aromatic N) is 2. The zero-order valence-corrected chi connectivity index (χ0v) is 11.2. The fraction of sp³-hybridized carbons (Fsp3) is 0.455. The first-order chi connectivity index (χ1) is 9.20. The number of thioether (sulfide) groups is 1. The lowest BCUT2D eigenvalue weighted by molar-refractivity contribution is -0.143. The van der Waals surface area contributed by atoms with Gasteiger partial charge >= 0.3 is 5.97 Å². The van der Waals surface area contributed by atoms with Crippen molar-refractivity contribution in [2.75, 3.05) is 12.4 Å². The molecule has 0 aliphatic carbocycles. The Balaban J connectivity index is 1.88. The molecule has 2 rings (SSSR count). The van der Waals surface area contributed by atoms with Gasteiger partial charge in [-0.1, -0.05) is 11.8 Å². The first kappa shape index (κ1) is 13.6. The van der Waals surface area contributed by atoms with E-state index in [2.05, 4.69) is 19.9 Å². The monoisotopic (exact) mass is 282 g/mol. The molecule has 0 saturated carbocycles. The van der Waals surface area contributed by atoms with Gasteiger partial charge in [-0.2, -0.15) is 0 Å². The van der Waals surface area contributed by atoms with Crippen LogP contribution in [-0.4, -0.2) is 38.3 Å². The molecule has 0 radical (unpaired) electrons. The number of aromatic nitrogens is 4. The van der Waals surface area contributed by atoms with Crippen LogP contribution in [0.15, 0.2) is 16.3 Å². The van der Waals surface area contributed by atoms with Crippen molar-refractivity contribution in [2.45, 2.75) is 24.9 Å². The van der Waals surface area contributed by atoms with Crippen LogP contribution in [0.2, 0.25) is 0 Å². The maximum absolute atomic E-state index is 11.6. The van der Waals surface area contributed by atoms with Gasteiger partial charge in [-0.05, 0) is 13.3 Å². The molecule has 0 spiro atoms. The molecule has 2 heterocycles. The predicted octanol–water partition coefficient (Wildman–Crippen LogP) is 1.08. The fourth-order valence-electron chi connectivity index (χ4n) is 1.51. The second-order valence-electron chi connectivity index (χ2n) is 3.73. The van der Waals surface area contributed by atoms with Gasteiger partial charge in [0.25, 0.3) is 5.56 Å². The molecule has 7 nitrogen and oxygen atoms in total. The normalized spacial score (nSPS) is 10.8. The highest BCUT2D eigenvalue weighted by Crippen LogP contribution is 2.14. The van der Waals surface area contributed by atoms with Crippen LogP contribution in [0.25, 0.3) is 11.2 Å². The van der Waals surface area contributed by atoms with Crippen LogP contribution in [-0.2, 0) is 9.53 Å². The summed E-state index contributed by atoms with van der Waals surface area (Å²) in [6.45, 7) is 2.18. The first-order valence-corrected chi connectivity index (χ1v) is 6.91. The third-order valence-electron chi connectivity index (χ3n) is 2.34. The molecule has 2 N–H and O–H groups in total. The summed E-state index contributed by atoms with van der Waals surface area (Å²) in [5.74, 6) is 0.477. The summed E-state index contributed by atoms with van der Waals surface area (Å²) in [6, 6.07) is 0. The number of nitrogens with one attached hydrogen (secondary N) is 2. The Labute approximate surface area is 113 Å². The highest BCUT2D eigenvalue weighted by molar-refractivity contribution is 7.99. The van der Waals surface area contributed by atoms with E-state index in [4.69, 9.17) is 4.74 Å². The summed E-state index contributed by atoms with van der Waals surface area (Å²) in [5.41, 5.74) is 0.530. The van der Waals surface area contributed by atoms with Crippen LogP contribution >= 0.6 is 11.8 Å². The zero-order valence-electron chi connectivity index (χ0n) is 10.4. The number of carbonyl (C=O) groups excluding carboxylic acids is 1. The average Bonchev–Trinajstić information content (AvgIpc) is 2.84. The van der Waals surface area contributed by atoms with Crippen LogP contribution in [0.4, 0.5) is 0 Å². The van der Waals surface area contributed by atoms with Gasteiger partial charge < -0.3 is 9.72 Å². The van der Waals surface area contributed by atoms with Crippen LogP contribution < -0.4 is 5.56 Å². The minimum Gasteiger partial charge on any atom is -0.466 e. The predicted molar refractivity (Wildman–Crippen MR) is 71.1 cm³/mol. The van der Waals surface area contributed by atoms with Crippen molar-refractivity contribution < 1.29 is 9.53 Å². The van der Waals surface area contributed by atoms with Crippen molar-refractivity contribution in [1.29, 1.82) is 0 Å². The van der Waals surface area contributed by atoms with Gasteiger partial charge in [0.2, 0.25) is 0 Å². The van der Waals surface area contributed by atoms with E-state index in [9.17, 15) is 9.59 Å². The third kappa shape index (κ3) is 3.57. The maximum atomic E-state index is 11.6. The lowest BCUT2D eigenvalue weighted by Crippen LogP contribution is -2.09. The smallest absolute Gasteiger partial charge is 0.305 e. The molecule has 19 heavy (non-hydrogen) atoms. The fourth-order valence-corrected chi connectivity index (χ4v) is 2.31. The van der Waals surface area contributed by atoms with E-state index in [1.807, 2.05) is 0 Å². The molecule has 0 aromatic carbocycles. The minimum absolute atomic E-state index is 0.202. The number of hydrogen-bond acceptors (Lipinski definition) is 6. The number of imidazole rings is 1. The summed E-state index contributed by atoms with van der Waals surface area (Å²) in [6.07, 6.45) is 2.48. The quantitative estimate of drug-likeness (QED) is 0.356. The lowest BCUT2D eigenvalue weighted by Gasteiger charge is -2.01. The van der Waals surface area contributed by atoms with Gasteiger partial charge in [-0.25, -0.2) is 9.97 Å². The molecule has 0 amide bonds. The topological polar surface area (TPSA) is 101 Å². The SMILES string of the molecule is CCOC(=O)CCCSc1nc2nc[nH]c2c(=O)[nH]1. The summed E-state index contributed by atoms with van der Waals surface area (Å²) in [4.78, 5) is 36.3. The summed E-state index contributed by atoms with van der Waals surface area (Å²) in [7, 11) is 0. The molecule has 2 aromatic heterocycles. The number of carbonyl (C=O) groups is 1. The summed E-state index contributed by atoms with van der Waals surface area (Å²) < 4.78 is 4.82. The van der Waals surface area contributed by atoms with E-state index in [1.165, 1.54) is 18.1 Å². The molecule has 0 saturated heterocycles. The maximum Gasteiger partial charge on any atom is 0.305 e. The van der Waals surface area contributed by atoms with Crippen molar-refractivity contribution in [1.82, 2.24) is 19.9 Å². The Morgan fingerprint density at radius 3 is 3.16 bits per heavy atom. The van der Waals surface area contributed by atoms with Crippen molar-refractivity contribution >= 4 is 28.9 Å². The van der Waals surface area contributed by atoms with E-state index in [1.54, 1.807) is 6.92 Å². The Bertz CT molecular complexity index is 622. The molecule has 102 valence electrons. The Morgan fingerprint density at radius 1 is 1.53 bits per heavy atom. The van der Waals surface area contributed by atoms with Crippen LogP contribution in [0.1, 0.15) is 19.8 Å². The number of esters is 1. The van der Waals surface area contributed by atoms with E-state index >= 15 is 0 Å².